The van der Waals surface area contributed by atoms with E-state index in [1.807, 2.05) is 24.3 Å². The summed E-state index contributed by atoms with van der Waals surface area (Å²) in [6.07, 6.45) is 14.8. The molecular weight excluding hydrogens is 264 g/mol. The number of nitrogens with zero attached hydrogens (tertiary/aromatic N) is 3. The zero-order chi connectivity index (χ0) is 14.8. The first-order valence-electron chi connectivity index (χ1n) is 6.92. The number of nitrogens with one attached hydrogen (secondary N) is 3. The second-order valence-corrected chi connectivity index (χ2v) is 4.01. The summed E-state index contributed by atoms with van der Waals surface area (Å²) in [4.78, 5) is 10.2. The number of pyridine rings is 1. The van der Waals surface area contributed by atoms with Crippen molar-refractivity contribution < 1.29 is 0 Å². The van der Waals surface area contributed by atoms with Crippen molar-refractivity contribution in [2.24, 2.45) is 0 Å². The first-order valence-corrected chi connectivity index (χ1v) is 6.92. The van der Waals surface area contributed by atoms with Gasteiger partial charge in [0.1, 0.15) is 0 Å². The van der Waals surface area contributed by atoms with E-state index < -0.39 is 0 Å². The summed E-state index contributed by atoms with van der Waals surface area (Å²) in [7, 11) is 0. The van der Waals surface area contributed by atoms with Crippen molar-refractivity contribution in [3.05, 3.63) is 67.8 Å². The monoisotopic (exact) mass is 286 g/mol. The standard InChI is InChI=1S/C5H5N.C4H9N.2C3H4N2/c1-2-4-6-5-3-1;1-2-4-5-3-1;1-2-5-3-4-1;1-2-4-5-3-1/h1-5H;5H,1-4H2;2*1-3H,(H,4,5). The van der Waals surface area contributed by atoms with Gasteiger partial charge in [-0.1, -0.05) is 6.07 Å². The smallest absolute Gasteiger partial charge is 0.0919 e. The lowest BCUT2D eigenvalue weighted by molar-refractivity contribution is 0.857. The molecule has 3 aromatic rings. The molecule has 1 saturated heterocycles. The second kappa shape index (κ2) is 14.0. The number of hydrogen-bond acceptors (Lipinski definition) is 4. The molecule has 0 spiro atoms. The minimum absolute atomic E-state index is 1.25. The third-order valence-corrected chi connectivity index (χ3v) is 2.34. The van der Waals surface area contributed by atoms with Crippen LogP contribution in [0.2, 0.25) is 0 Å². The molecule has 112 valence electrons. The zero-order valence-electron chi connectivity index (χ0n) is 12.0. The van der Waals surface area contributed by atoms with E-state index in [4.69, 9.17) is 0 Å². The second-order valence-electron chi connectivity index (χ2n) is 4.01. The molecule has 0 unspecified atom stereocenters. The Bertz CT molecular complexity index is 367. The average molecular weight is 286 g/mol. The Morgan fingerprint density at radius 1 is 0.714 bits per heavy atom. The molecule has 4 heterocycles. The molecule has 0 atom stereocenters. The largest absolute Gasteiger partial charge is 0.351 e. The van der Waals surface area contributed by atoms with Crippen LogP contribution in [0.1, 0.15) is 12.8 Å². The molecule has 3 aromatic heterocycles. The fourth-order valence-electron chi connectivity index (χ4n) is 1.37. The van der Waals surface area contributed by atoms with Gasteiger partial charge in [-0.2, -0.15) is 5.10 Å². The van der Waals surface area contributed by atoms with Crippen LogP contribution in [0.5, 0.6) is 0 Å². The maximum atomic E-state index is 3.78. The summed E-state index contributed by atoms with van der Waals surface area (Å²) in [6, 6.07) is 7.55. The molecule has 6 nitrogen and oxygen atoms in total. The number of H-pyrrole nitrogens is 2. The lowest BCUT2D eigenvalue weighted by atomic mass is 10.4. The van der Waals surface area contributed by atoms with Crippen molar-refractivity contribution in [2.45, 2.75) is 12.8 Å². The molecule has 0 aliphatic carbocycles. The molecule has 1 aliphatic heterocycles. The van der Waals surface area contributed by atoms with Crippen LogP contribution in [-0.2, 0) is 0 Å². The van der Waals surface area contributed by atoms with Gasteiger partial charge in [-0.15, -0.1) is 0 Å². The Kier molecular flexibility index (Phi) is 11.0. The van der Waals surface area contributed by atoms with Gasteiger partial charge in [0.25, 0.3) is 0 Å². The first-order chi connectivity index (χ1) is 10.5. The third-order valence-electron chi connectivity index (χ3n) is 2.34. The summed E-state index contributed by atoms with van der Waals surface area (Å²) >= 11 is 0. The molecule has 0 radical (unpaired) electrons. The van der Waals surface area contributed by atoms with Gasteiger partial charge >= 0.3 is 0 Å². The van der Waals surface area contributed by atoms with Gasteiger partial charge in [-0.05, 0) is 44.1 Å². The highest BCUT2D eigenvalue weighted by Gasteiger charge is 1.93. The van der Waals surface area contributed by atoms with Crippen LogP contribution in [0.25, 0.3) is 0 Å². The number of imidazole rings is 1. The fourth-order valence-corrected chi connectivity index (χ4v) is 1.37. The molecule has 4 rings (SSSR count). The van der Waals surface area contributed by atoms with Gasteiger partial charge in [0, 0.05) is 37.2 Å². The van der Waals surface area contributed by atoms with E-state index in [2.05, 4.69) is 30.5 Å². The van der Waals surface area contributed by atoms with Crippen LogP contribution in [0.4, 0.5) is 0 Å². The Balaban J connectivity index is 0.000000140. The predicted molar refractivity (Wildman–Crippen MR) is 83.5 cm³/mol. The van der Waals surface area contributed by atoms with Gasteiger partial charge < -0.3 is 10.3 Å². The van der Waals surface area contributed by atoms with Crippen LogP contribution < -0.4 is 5.32 Å². The first kappa shape index (κ1) is 16.6. The van der Waals surface area contributed by atoms with Crippen LogP contribution in [0.3, 0.4) is 0 Å². The van der Waals surface area contributed by atoms with Crippen molar-refractivity contribution in [1.29, 1.82) is 0 Å². The van der Waals surface area contributed by atoms with E-state index in [9.17, 15) is 0 Å². The van der Waals surface area contributed by atoms with Crippen molar-refractivity contribution in [2.75, 3.05) is 13.1 Å². The SMILES string of the molecule is C1CCNC1.c1c[nH]cn1.c1ccncc1.c1cn[nH]c1. The highest BCUT2D eigenvalue weighted by atomic mass is 15.1. The van der Waals surface area contributed by atoms with E-state index in [1.165, 1.54) is 25.9 Å². The topological polar surface area (TPSA) is 82.3 Å². The lowest BCUT2D eigenvalue weighted by Crippen LogP contribution is -2.03. The molecule has 0 amide bonds. The number of rotatable bonds is 0. The van der Waals surface area contributed by atoms with Crippen molar-refractivity contribution in [3.8, 4) is 0 Å². The summed E-state index contributed by atoms with van der Waals surface area (Å²) in [5, 5.41) is 9.43. The number of hydrogen-bond donors (Lipinski definition) is 3. The van der Waals surface area contributed by atoms with Crippen molar-refractivity contribution in [1.82, 2.24) is 30.5 Å². The van der Waals surface area contributed by atoms with Crippen molar-refractivity contribution in [3.63, 3.8) is 0 Å². The Morgan fingerprint density at radius 2 is 1.52 bits per heavy atom. The maximum Gasteiger partial charge on any atom is 0.0919 e. The van der Waals surface area contributed by atoms with Crippen LogP contribution in [0, 0.1) is 0 Å². The molecule has 21 heavy (non-hydrogen) atoms. The normalized spacial score (nSPS) is 11.8. The van der Waals surface area contributed by atoms with E-state index >= 15 is 0 Å². The van der Waals surface area contributed by atoms with Crippen LogP contribution in [-0.4, -0.2) is 38.2 Å². The number of aromatic amines is 2. The minimum atomic E-state index is 1.25. The highest BCUT2D eigenvalue weighted by Crippen LogP contribution is 1.90. The molecule has 6 heteroatoms. The minimum Gasteiger partial charge on any atom is -0.351 e. The van der Waals surface area contributed by atoms with E-state index in [0.717, 1.165) is 0 Å². The summed E-state index contributed by atoms with van der Waals surface area (Å²) in [5.41, 5.74) is 0. The predicted octanol–water partition coefficient (Wildman–Crippen LogP) is 2.27. The van der Waals surface area contributed by atoms with Gasteiger partial charge in [0.05, 0.1) is 6.33 Å². The Hall–Kier alpha value is -2.47. The molecule has 0 aromatic carbocycles. The molecule has 3 N–H and O–H groups in total. The van der Waals surface area contributed by atoms with E-state index in [0.29, 0.717) is 0 Å². The highest BCUT2D eigenvalue weighted by molar-refractivity contribution is 4.88. The average Bonchev–Trinajstić information content (AvgIpc) is 3.38. The van der Waals surface area contributed by atoms with E-state index in [1.54, 1.807) is 43.5 Å². The van der Waals surface area contributed by atoms with Gasteiger partial charge in [-0.25, -0.2) is 4.98 Å². The quantitative estimate of drug-likeness (QED) is 0.592. The van der Waals surface area contributed by atoms with E-state index in [-0.39, 0.29) is 0 Å². The molecule has 0 bridgehead atoms. The number of aromatic nitrogens is 5. The molecular formula is C15H22N6. The summed E-state index contributed by atoms with van der Waals surface area (Å²) in [6.45, 7) is 2.50. The summed E-state index contributed by atoms with van der Waals surface area (Å²) < 4.78 is 0. The molecule has 0 saturated carbocycles. The van der Waals surface area contributed by atoms with Gasteiger partial charge in [0.2, 0.25) is 0 Å². The maximum absolute atomic E-state index is 3.78. The Labute approximate surface area is 125 Å². The lowest BCUT2D eigenvalue weighted by Gasteiger charge is -1.76. The van der Waals surface area contributed by atoms with Crippen LogP contribution in [0.15, 0.2) is 67.8 Å². The van der Waals surface area contributed by atoms with Crippen molar-refractivity contribution >= 4 is 0 Å². The molecule has 1 aliphatic rings. The third kappa shape index (κ3) is 12.3. The Morgan fingerprint density at radius 3 is 1.71 bits per heavy atom. The summed E-state index contributed by atoms with van der Waals surface area (Å²) in [5.74, 6) is 0. The fraction of sp³-hybridized carbons (Fsp3) is 0.267. The van der Waals surface area contributed by atoms with Crippen LogP contribution >= 0.6 is 0 Å². The van der Waals surface area contributed by atoms with Gasteiger partial charge in [0.15, 0.2) is 0 Å². The zero-order valence-corrected chi connectivity index (χ0v) is 12.0. The molecule has 1 fully saturated rings. The van der Waals surface area contributed by atoms with Gasteiger partial charge in [-0.3, -0.25) is 10.1 Å².